The van der Waals surface area contributed by atoms with Crippen LogP contribution in [0, 0.1) is 4.77 Å². The normalized spacial score (nSPS) is 17.2. The van der Waals surface area contributed by atoms with Gasteiger partial charge in [-0.15, -0.1) is 0 Å². The summed E-state index contributed by atoms with van der Waals surface area (Å²) < 4.78 is 29.2. The molecule has 154 valence electrons. The van der Waals surface area contributed by atoms with E-state index in [0.29, 0.717) is 37.6 Å². The van der Waals surface area contributed by atoms with Gasteiger partial charge in [0.1, 0.15) is 0 Å². The van der Waals surface area contributed by atoms with Crippen molar-refractivity contribution in [2.75, 3.05) is 32.4 Å². The third-order valence-electron chi connectivity index (χ3n) is 5.18. The Morgan fingerprint density at radius 3 is 2.14 bits per heavy atom. The van der Waals surface area contributed by atoms with E-state index >= 15 is 0 Å². The van der Waals surface area contributed by atoms with Gasteiger partial charge in [-0.3, -0.25) is 4.90 Å². The predicted octanol–water partition coefficient (Wildman–Crippen LogP) is 2.45. The maximum atomic E-state index is 11.7. The molecule has 1 aromatic carbocycles. The Labute approximate surface area is 172 Å². The second-order valence-electron chi connectivity index (χ2n) is 8.41. The lowest BCUT2D eigenvalue weighted by Gasteiger charge is -2.32. The Morgan fingerprint density at radius 1 is 1.07 bits per heavy atom. The Balaban J connectivity index is 1.76. The van der Waals surface area contributed by atoms with E-state index in [1.807, 2.05) is 16.3 Å². The van der Waals surface area contributed by atoms with Crippen molar-refractivity contribution in [1.29, 1.82) is 0 Å². The molecule has 9 heteroatoms. The molecule has 7 nitrogen and oxygen atoms in total. The van der Waals surface area contributed by atoms with E-state index in [9.17, 15) is 8.42 Å². The van der Waals surface area contributed by atoms with E-state index in [4.69, 9.17) is 17.3 Å². The highest BCUT2D eigenvalue weighted by Gasteiger charge is 2.24. The van der Waals surface area contributed by atoms with Crippen molar-refractivity contribution in [3.8, 4) is 11.4 Å². The van der Waals surface area contributed by atoms with Crippen molar-refractivity contribution >= 4 is 22.2 Å². The SMILES string of the molecule is Cn1c(-c2ccc(C(C)(C)C)cc2)nn(CN2CCN(S(C)(=O)=O)CC2)c1=S. The highest BCUT2D eigenvalue weighted by Crippen LogP contribution is 2.25. The molecule has 1 aliphatic rings. The zero-order valence-electron chi connectivity index (χ0n) is 17.2. The maximum absolute atomic E-state index is 11.7. The lowest BCUT2D eigenvalue weighted by molar-refractivity contribution is 0.145. The smallest absolute Gasteiger partial charge is 0.211 e. The monoisotopic (exact) mass is 423 g/mol. The molecule has 0 saturated carbocycles. The molecule has 0 N–H and O–H groups in total. The van der Waals surface area contributed by atoms with E-state index in [1.165, 1.54) is 16.1 Å². The molecule has 0 atom stereocenters. The average Bonchev–Trinajstić information content (AvgIpc) is 2.89. The van der Waals surface area contributed by atoms with Crippen LogP contribution in [0.1, 0.15) is 26.3 Å². The standard InChI is InChI=1S/C19H29N5O2S2/c1-19(2,3)16-8-6-15(7-9-16)17-20-24(18(27)21(17)4)14-22-10-12-23(13-11-22)28(5,25)26/h6-9H,10-14H2,1-5H3. The number of hydrogen-bond donors (Lipinski definition) is 0. The summed E-state index contributed by atoms with van der Waals surface area (Å²) in [6, 6.07) is 8.46. The largest absolute Gasteiger partial charge is 0.303 e. The Morgan fingerprint density at radius 2 is 1.64 bits per heavy atom. The van der Waals surface area contributed by atoms with Gasteiger partial charge in [0.15, 0.2) is 10.6 Å². The van der Waals surface area contributed by atoms with E-state index in [1.54, 1.807) is 0 Å². The molecule has 1 saturated heterocycles. The van der Waals surface area contributed by atoms with Crippen molar-refractivity contribution < 1.29 is 8.42 Å². The van der Waals surface area contributed by atoms with Gasteiger partial charge in [-0.05, 0) is 23.2 Å². The van der Waals surface area contributed by atoms with Crippen LogP contribution in [0.5, 0.6) is 0 Å². The molecule has 0 spiro atoms. The fourth-order valence-electron chi connectivity index (χ4n) is 3.34. The van der Waals surface area contributed by atoms with Crippen LogP contribution in [0.15, 0.2) is 24.3 Å². The highest BCUT2D eigenvalue weighted by atomic mass is 32.2. The van der Waals surface area contributed by atoms with Gasteiger partial charge in [-0.1, -0.05) is 45.0 Å². The zero-order chi connectivity index (χ0) is 20.7. The summed E-state index contributed by atoms with van der Waals surface area (Å²) in [5.41, 5.74) is 2.42. The molecule has 0 radical (unpaired) electrons. The molecule has 0 bridgehead atoms. The maximum Gasteiger partial charge on any atom is 0.211 e. The van der Waals surface area contributed by atoms with Gasteiger partial charge >= 0.3 is 0 Å². The number of hydrogen-bond acceptors (Lipinski definition) is 5. The van der Waals surface area contributed by atoms with Crippen LogP contribution in [0.25, 0.3) is 11.4 Å². The zero-order valence-corrected chi connectivity index (χ0v) is 18.8. The molecule has 3 rings (SSSR count). The van der Waals surface area contributed by atoms with Gasteiger partial charge in [0.2, 0.25) is 10.0 Å². The third-order valence-corrected chi connectivity index (χ3v) is 6.97. The lowest BCUT2D eigenvalue weighted by Crippen LogP contribution is -2.48. The van der Waals surface area contributed by atoms with E-state index in [-0.39, 0.29) is 5.41 Å². The number of nitrogens with zero attached hydrogens (tertiary/aromatic N) is 5. The lowest BCUT2D eigenvalue weighted by atomic mass is 9.87. The number of piperazine rings is 1. The molecule has 1 fully saturated rings. The van der Waals surface area contributed by atoms with Gasteiger partial charge in [-0.25, -0.2) is 13.1 Å². The Kier molecular flexibility index (Phi) is 5.82. The molecule has 0 unspecified atom stereocenters. The molecule has 1 aromatic heterocycles. The van der Waals surface area contributed by atoms with E-state index in [0.717, 1.165) is 11.4 Å². The van der Waals surface area contributed by atoms with Gasteiger partial charge in [0.25, 0.3) is 0 Å². The van der Waals surface area contributed by atoms with Crippen molar-refractivity contribution in [3.05, 3.63) is 34.6 Å². The van der Waals surface area contributed by atoms with Crippen LogP contribution in [0.3, 0.4) is 0 Å². The van der Waals surface area contributed by atoms with Gasteiger partial charge in [-0.2, -0.15) is 9.40 Å². The Hall–Kier alpha value is -1.55. The third kappa shape index (κ3) is 4.53. The molecule has 28 heavy (non-hydrogen) atoms. The molecule has 0 amide bonds. The van der Waals surface area contributed by atoms with Gasteiger partial charge < -0.3 is 4.57 Å². The molecule has 0 aliphatic carbocycles. The average molecular weight is 424 g/mol. The Bertz CT molecular complexity index is 992. The topological polar surface area (TPSA) is 63.4 Å². The van der Waals surface area contributed by atoms with E-state index in [2.05, 4.69) is 49.9 Å². The summed E-state index contributed by atoms with van der Waals surface area (Å²) in [5.74, 6) is 0.834. The molecule has 2 aromatic rings. The summed E-state index contributed by atoms with van der Waals surface area (Å²) in [6.07, 6.45) is 1.26. The molecular formula is C19H29N5O2S2. The first-order valence-electron chi connectivity index (χ1n) is 9.39. The fraction of sp³-hybridized carbons (Fsp3) is 0.579. The first-order valence-corrected chi connectivity index (χ1v) is 11.6. The first-order chi connectivity index (χ1) is 13.0. The van der Waals surface area contributed by atoms with Gasteiger partial charge in [0.05, 0.1) is 12.9 Å². The minimum atomic E-state index is -3.12. The van der Waals surface area contributed by atoms with Crippen molar-refractivity contribution in [2.45, 2.75) is 32.9 Å². The molecule has 1 aliphatic heterocycles. The van der Waals surface area contributed by atoms with Crippen LogP contribution in [-0.2, 0) is 29.2 Å². The second kappa shape index (κ2) is 7.70. The number of sulfonamides is 1. The summed E-state index contributed by atoms with van der Waals surface area (Å²) in [5, 5.41) is 4.74. The number of benzene rings is 1. The second-order valence-corrected chi connectivity index (χ2v) is 10.8. The van der Waals surface area contributed by atoms with Crippen molar-refractivity contribution in [3.63, 3.8) is 0 Å². The number of rotatable bonds is 4. The van der Waals surface area contributed by atoms with Crippen LogP contribution in [0.4, 0.5) is 0 Å². The highest BCUT2D eigenvalue weighted by molar-refractivity contribution is 7.88. The van der Waals surface area contributed by atoms with Crippen molar-refractivity contribution in [1.82, 2.24) is 23.6 Å². The van der Waals surface area contributed by atoms with Crippen LogP contribution in [-0.4, -0.2) is 64.4 Å². The predicted molar refractivity (Wildman–Crippen MR) is 114 cm³/mol. The minimum absolute atomic E-state index is 0.108. The van der Waals surface area contributed by atoms with Gasteiger partial charge in [0, 0.05) is 38.8 Å². The fourth-order valence-corrected chi connectivity index (χ4v) is 4.35. The first kappa shape index (κ1) is 21.2. The van der Waals surface area contributed by atoms with Crippen LogP contribution >= 0.6 is 12.2 Å². The molecular weight excluding hydrogens is 394 g/mol. The van der Waals surface area contributed by atoms with Crippen LogP contribution < -0.4 is 0 Å². The van der Waals surface area contributed by atoms with E-state index < -0.39 is 10.0 Å². The minimum Gasteiger partial charge on any atom is -0.303 e. The summed E-state index contributed by atoms with van der Waals surface area (Å²) >= 11 is 5.58. The summed E-state index contributed by atoms with van der Waals surface area (Å²) in [6.45, 7) is 9.48. The summed E-state index contributed by atoms with van der Waals surface area (Å²) in [7, 11) is -1.19. The quantitative estimate of drug-likeness (QED) is 0.707. The summed E-state index contributed by atoms with van der Waals surface area (Å²) in [4.78, 5) is 2.18. The van der Waals surface area contributed by atoms with Crippen molar-refractivity contribution in [2.24, 2.45) is 7.05 Å². The molecule has 2 heterocycles. The number of aromatic nitrogens is 3. The van der Waals surface area contributed by atoms with Crippen LogP contribution in [0.2, 0.25) is 0 Å².